The molecule has 1 aliphatic carbocycles. The third-order valence-electron chi connectivity index (χ3n) is 7.59. The smallest absolute Gasteiger partial charge is 0.187 e. The summed E-state index contributed by atoms with van der Waals surface area (Å²) in [6, 6.07) is 18.8. The van der Waals surface area contributed by atoms with Crippen LogP contribution in [-0.4, -0.2) is 36.1 Å². The van der Waals surface area contributed by atoms with Crippen molar-refractivity contribution in [2.45, 2.75) is 38.5 Å². The predicted molar refractivity (Wildman–Crippen MR) is 148 cm³/mol. The molecule has 1 aliphatic heterocycles. The third-order valence-corrected chi connectivity index (χ3v) is 7.59. The molecule has 36 heavy (non-hydrogen) atoms. The molecule has 2 aliphatic rings. The Hall–Kier alpha value is -3.91. The van der Waals surface area contributed by atoms with Crippen molar-refractivity contribution in [2.75, 3.05) is 36.0 Å². The van der Waals surface area contributed by atoms with Crippen LogP contribution in [0.5, 0.6) is 0 Å². The number of nitrogens with zero attached hydrogens (tertiary/aromatic N) is 5. The van der Waals surface area contributed by atoms with E-state index in [1.54, 1.807) is 0 Å². The standard InChI is InChI=1S/C31H31N5/c1-21(2)24-11-14-29(33-19-24)36-17-15-35(16-18-36)28-20-34-31-26(22-9-12-25(32-3)13-10-22)5-4-6-27(31)30(28)23-7-8-23/h4-6,9-14,19-21,23H,7-8,15-18H2,1-2H3. The van der Waals surface area contributed by atoms with Crippen molar-refractivity contribution in [1.82, 2.24) is 9.97 Å². The quantitative estimate of drug-likeness (QED) is 0.288. The van der Waals surface area contributed by atoms with Crippen molar-refractivity contribution in [3.63, 3.8) is 0 Å². The van der Waals surface area contributed by atoms with E-state index in [4.69, 9.17) is 16.5 Å². The van der Waals surface area contributed by atoms with E-state index in [0.717, 1.165) is 48.6 Å². The molecule has 0 spiro atoms. The van der Waals surface area contributed by atoms with Crippen molar-refractivity contribution < 1.29 is 0 Å². The number of benzene rings is 2. The highest BCUT2D eigenvalue weighted by atomic mass is 15.3. The largest absolute Gasteiger partial charge is 0.366 e. The fraction of sp³-hybridized carbons (Fsp3) is 0.323. The first-order valence-corrected chi connectivity index (χ1v) is 13.0. The van der Waals surface area contributed by atoms with Gasteiger partial charge in [0.05, 0.1) is 24.0 Å². The average Bonchev–Trinajstić information content (AvgIpc) is 3.78. The maximum absolute atomic E-state index is 7.24. The number of pyridine rings is 2. The van der Waals surface area contributed by atoms with Crippen molar-refractivity contribution in [3.05, 3.63) is 89.5 Å². The van der Waals surface area contributed by atoms with Crippen molar-refractivity contribution in [1.29, 1.82) is 0 Å². The molecule has 6 rings (SSSR count). The molecule has 5 heteroatoms. The lowest BCUT2D eigenvalue weighted by Gasteiger charge is -2.37. The van der Waals surface area contributed by atoms with Gasteiger partial charge in [-0.25, -0.2) is 9.83 Å². The Bertz CT molecular complexity index is 1420. The minimum absolute atomic E-state index is 0.503. The molecular weight excluding hydrogens is 442 g/mol. The topological polar surface area (TPSA) is 36.6 Å². The van der Waals surface area contributed by atoms with Gasteiger partial charge in [-0.2, -0.15) is 0 Å². The fourth-order valence-corrected chi connectivity index (χ4v) is 5.34. The van der Waals surface area contributed by atoms with Gasteiger partial charge in [0.25, 0.3) is 0 Å². The lowest BCUT2D eigenvalue weighted by molar-refractivity contribution is 0.644. The first kappa shape index (κ1) is 22.5. The lowest BCUT2D eigenvalue weighted by Crippen LogP contribution is -2.47. The minimum Gasteiger partial charge on any atom is -0.366 e. The van der Waals surface area contributed by atoms with Crippen LogP contribution in [0.15, 0.2) is 67.0 Å². The Labute approximate surface area is 213 Å². The first-order chi connectivity index (χ1) is 17.6. The molecule has 5 nitrogen and oxygen atoms in total. The van der Waals surface area contributed by atoms with E-state index in [9.17, 15) is 0 Å². The van der Waals surface area contributed by atoms with Crippen LogP contribution < -0.4 is 9.80 Å². The summed E-state index contributed by atoms with van der Waals surface area (Å²) in [6.45, 7) is 15.5. The maximum Gasteiger partial charge on any atom is 0.187 e. The van der Waals surface area contributed by atoms with E-state index < -0.39 is 0 Å². The number of piperazine rings is 1. The number of anilines is 2. The highest BCUT2D eigenvalue weighted by Gasteiger charge is 2.31. The van der Waals surface area contributed by atoms with Gasteiger partial charge in [-0.3, -0.25) is 4.98 Å². The van der Waals surface area contributed by atoms with Gasteiger partial charge >= 0.3 is 0 Å². The zero-order valence-electron chi connectivity index (χ0n) is 21.0. The van der Waals surface area contributed by atoms with Crippen LogP contribution in [0.1, 0.15) is 49.7 Å². The van der Waals surface area contributed by atoms with Crippen LogP contribution in [0.4, 0.5) is 17.2 Å². The first-order valence-electron chi connectivity index (χ1n) is 13.0. The van der Waals surface area contributed by atoms with E-state index in [1.165, 1.54) is 35.0 Å². The summed E-state index contributed by atoms with van der Waals surface area (Å²) in [5.74, 6) is 2.20. The number of hydrogen-bond acceptors (Lipinski definition) is 4. The van der Waals surface area contributed by atoms with Gasteiger partial charge in [-0.1, -0.05) is 62.4 Å². The SMILES string of the molecule is [C-]#[N+]c1ccc(-c2cccc3c(C4CC4)c(N4CCN(c5ccc(C(C)C)cn5)CC4)cnc23)cc1. The van der Waals surface area contributed by atoms with Crippen LogP contribution in [0.3, 0.4) is 0 Å². The maximum atomic E-state index is 7.24. The normalized spacial score (nSPS) is 15.9. The number of fused-ring (bicyclic) bond motifs is 1. The number of hydrogen-bond donors (Lipinski definition) is 0. The fourth-order valence-electron chi connectivity index (χ4n) is 5.34. The van der Waals surface area contributed by atoms with Gasteiger partial charge in [0, 0.05) is 43.3 Å². The second-order valence-corrected chi connectivity index (χ2v) is 10.3. The minimum atomic E-state index is 0.503. The van der Waals surface area contributed by atoms with E-state index in [2.05, 4.69) is 65.0 Å². The van der Waals surface area contributed by atoms with E-state index in [1.807, 2.05) is 30.5 Å². The molecular formula is C31H31N5. The molecule has 0 amide bonds. The third kappa shape index (κ3) is 4.18. The van der Waals surface area contributed by atoms with Crippen molar-refractivity contribution >= 4 is 28.1 Å². The summed E-state index contributed by atoms with van der Waals surface area (Å²) >= 11 is 0. The molecule has 0 atom stereocenters. The zero-order chi connectivity index (χ0) is 24.6. The van der Waals surface area contributed by atoms with Crippen molar-refractivity contribution in [2.24, 2.45) is 0 Å². The average molecular weight is 474 g/mol. The molecule has 180 valence electrons. The molecule has 1 saturated heterocycles. The van der Waals surface area contributed by atoms with E-state index in [-0.39, 0.29) is 0 Å². The van der Waals surface area contributed by atoms with E-state index in [0.29, 0.717) is 17.5 Å². The number of para-hydroxylation sites is 1. The second-order valence-electron chi connectivity index (χ2n) is 10.3. The molecule has 1 saturated carbocycles. The monoisotopic (exact) mass is 473 g/mol. The Balaban J connectivity index is 1.29. The zero-order valence-corrected chi connectivity index (χ0v) is 21.0. The molecule has 2 aromatic heterocycles. The summed E-state index contributed by atoms with van der Waals surface area (Å²) < 4.78 is 0. The van der Waals surface area contributed by atoms with E-state index >= 15 is 0 Å². The summed E-state index contributed by atoms with van der Waals surface area (Å²) in [6.07, 6.45) is 6.64. The van der Waals surface area contributed by atoms with Gasteiger partial charge in [0.2, 0.25) is 0 Å². The highest BCUT2D eigenvalue weighted by Crippen LogP contribution is 2.48. The van der Waals surface area contributed by atoms with Crippen molar-refractivity contribution in [3.8, 4) is 11.1 Å². The Kier molecular flexibility index (Phi) is 5.81. The Morgan fingerprint density at radius 1 is 0.861 bits per heavy atom. The Morgan fingerprint density at radius 3 is 2.25 bits per heavy atom. The van der Waals surface area contributed by atoms with Crippen LogP contribution in [0, 0.1) is 6.57 Å². The molecule has 2 aromatic carbocycles. The molecule has 4 aromatic rings. The van der Waals surface area contributed by atoms with Crippen LogP contribution >= 0.6 is 0 Å². The highest BCUT2D eigenvalue weighted by molar-refractivity contribution is 5.98. The molecule has 0 radical (unpaired) electrons. The second kappa shape index (κ2) is 9.28. The van der Waals surface area contributed by atoms with Crippen LogP contribution in [0.25, 0.3) is 26.9 Å². The molecule has 0 N–H and O–H groups in total. The number of rotatable bonds is 5. The summed E-state index contributed by atoms with van der Waals surface area (Å²) in [5.41, 5.74) is 8.03. The van der Waals surface area contributed by atoms with Crippen LogP contribution in [0.2, 0.25) is 0 Å². The molecule has 2 fully saturated rings. The summed E-state index contributed by atoms with van der Waals surface area (Å²) in [5, 5.41) is 1.27. The Morgan fingerprint density at radius 2 is 1.61 bits per heavy atom. The van der Waals surface area contributed by atoms with Gasteiger partial charge in [0.15, 0.2) is 5.69 Å². The summed E-state index contributed by atoms with van der Waals surface area (Å²) in [4.78, 5) is 18.2. The lowest BCUT2D eigenvalue weighted by atomic mass is 9.96. The van der Waals surface area contributed by atoms with Crippen LogP contribution in [-0.2, 0) is 0 Å². The van der Waals surface area contributed by atoms with Gasteiger partial charge < -0.3 is 9.80 Å². The predicted octanol–water partition coefficient (Wildman–Crippen LogP) is 7.17. The molecule has 3 heterocycles. The molecule has 0 unspecified atom stereocenters. The summed E-state index contributed by atoms with van der Waals surface area (Å²) in [7, 11) is 0. The van der Waals surface area contributed by atoms with Gasteiger partial charge in [0.1, 0.15) is 5.82 Å². The number of aromatic nitrogens is 2. The van der Waals surface area contributed by atoms with Gasteiger partial charge in [-0.05, 0) is 47.4 Å². The molecule has 0 bridgehead atoms. The van der Waals surface area contributed by atoms with Gasteiger partial charge in [-0.15, -0.1) is 0 Å².